The van der Waals surface area contributed by atoms with E-state index in [-0.39, 0.29) is 0 Å². The summed E-state index contributed by atoms with van der Waals surface area (Å²) in [5, 5.41) is 9.64. The maximum atomic E-state index is 10.3. The van der Waals surface area contributed by atoms with Crippen LogP contribution in [0, 0.1) is 11.3 Å². The molecule has 0 aromatic heterocycles. The van der Waals surface area contributed by atoms with Crippen molar-refractivity contribution in [1.82, 2.24) is 9.80 Å². The van der Waals surface area contributed by atoms with Crippen molar-refractivity contribution >= 4 is 24.3 Å². The van der Waals surface area contributed by atoms with Gasteiger partial charge in [0.05, 0.1) is 17.2 Å². The van der Waals surface area contributed by atoms with E-state index in [1.54, 1.807) is 6.92 Å². The second kappa shape index (κ2) is 14.2. The molecule has 36 heavy (non-hydrogen) atoms. The molecule has 188 valence electrons. The Morgan fingerprint density at radius 1 is 1.00 bits per heavy atom. The number of nitrogens with zero attached hydrogens (tertiary/aromatic N) is 3. The zero-order chi connectivity index (χ0) is 26.6. The molecule has 1 heterocycles. The van der Waals surface area contributed by atoms with E-state index in [0.29, 0.717) is 5.56 Å². The van der Waals surface area contributed by atoms with Crippen LogP contribution in [0.4, 0.5) is 0 Å². The number of amides is 1. The van der Waals surface area contributed by atoms with Gasteiger partial charge < -0.3 is 14.6 Å². The first kappa shape index (κ1) is 28.8. The molecule has 1 amide bonds. The van der Waals surface area contributed by atoms with Gasteiger partial charge in [0.2, 0.25) is 6.41 Å². The summed E-state index contributed by atoms with van der Waals surface area (Å²) in [7, 11) is 4.10. The van der Waals surface area contributed by atoms with Crippen LogP contribution >= 0.6 is 11.6 Å². The largest absolute Gasteiger partial charge is 0.333 e. The average Bonchev–Trinajstić information content (AvgIpc) is 2.90. The van der Waals surface area contributed by atoms with Gasteiger partial charge in [0.15, 0.2) is 0 Å². The molecule has 4 rings (SSSR count). The van der Waals surface area contributed by atoms with E-state index >= 15 is 0 Å². The summed E-state index contributed by atoms with van der Waals surface area (Å²) in [4.78, 5) is 24.0. The minimum absolute atomic E-state index is 0.484. The molecule has 1 atom stereocenters. The lowest BCUT2D eigenvalue weighted by molar-refractivity contribution is -0.139. The van der Waals surface area contributed by atoms with Crippen LogP contribution in [-0.4, -0.2) is 48.7 Å². The predicted molar refractivity (Wildman–Crippen MR) is 147 cm³/mol. The Bertz CT molecular complexity index is 1150. The number of aldehydes is 1. The van der Waals surface area contributed by atoms with Gasteiger partial charge in [-0.15, -0.1) is 0 Å². The Morgan fingerprint density at radius 2 is 1.64 bits per heavy atom. The third-order valence-corrected chi connectivity index (χ3v) is 6.25. The minimum Gasteiger partial charge on any atom is -0.333 e. The Morgan fingerprint density at radius 3 is 2.08 bits per heavy atom. The lowest BCUT2D eigenvalue weighted by atomic mass is 9.89. The fraction of sp³-hybridized carbons (Fsp3) is 0.300. The lowest BCUT2D eigenvalue weighted by Gasteiger charge is -2.44. The van der Waals surface area contributed by atoms with Crippen molar-refractivity contribution in [1.29, 1.82) is 5.26 Å². The van der Waals surface area contributed by atoms with Crippen molar-refractivity contribution in [3.8, 4) is 17.2 Å². The number of carbonyl (C=O) groups is 2. The molecule has 0 spiro atoms. The average molecular weight is 504 g/mol. The fourth-order valence-corrected chi connectivity index (χ4v) is 3.68. The van der Waals surface area contributed by atoms with E-state index in [2.05, 4.69) is 56.3 Å². The summed E-state index contributed by atoms with van der Waals surface area (Å²) in [6.45, 7) is 5.60. The Labute approximate surface area is 219 Å². The fourth-order valence-electron chi connectivity index (χ4n) is 3.55. The molecule has 3 aromatic rings. The van der Waals surface area contributed by atoms with Crippen LogP contribution in [0.15, 0.2) is 72.8 Å². The summed E-state index contributed by atoms with van der Waals surface area (Å²) < 4.78 is 0. The summed E-state index contributed by atoms with van der Waals surface area (Å²) in [6.07, 6.45) is 3.40. The van der Waals surface area contributed by atoms with Crippen molar-refractivity contribution in [2.24, 2.45) is 0 Å². The molecular formula is C30H34ClN3O2. The Hall–Kier alpha value is -3.46. The first-order valence-electron chi connectivity index (χ1n) is 11.9. The van der Waals surface area contributed by atoms with Crippen molar-refractivity contribution < 1.29 is 9.59 Å². The quantitative estimate of drug-likeness (QED) is 0.387. The zero-order valence-electron chi connectivity index (χ0n) is 21.4. The molecule has 1 unspecified atom stereocenters. The molecule has 0 saturated carbocycles. The van der Waals surface area contributed by atoms with E-state index in [1.165, 1.54) is 16.0 Å². The maximum absolute atomic E-state index is 10.3. The highest BCUT2D eigenvalue weighted by Gasteiger charge is 2.39. The van der Waals surface area contributed by atoms with E-state index in [4.69, 9.17) is 16.9 Å². The number of rotatable bonds is 6. The van der Waals surface area contributed by atoms with Crippen molar-refractivity contribution in [3.63, 3.8) is 0 Å². The first-order chi connectivity index (χ1) is 17.2. The highest BCUT2D eigenvalue weighted by molar-refractivity contribution is 6.30. The summed E-state index contributed by atoms with van der Waals surface area (Å²) in [6, 6.07) is 26.3. The van der Waals surface area contributed by atoms with E-state index in [1.807, 2.05) is 48.5 Å². The van der Waals surface area contributed by atoms with E-state index in [0.717, 1.165) is 54.8 Å². The molecular weight excluding hydrogens is 470 g/mol. The number of nitriles is 1. The van der Waals surface area contributed by atoms with Gasteiger partial charge in [-0.3, -0.25) is 4.79 Å². The van der Waals surface area contributed by atoms with Gasteiger partial charge in [0.25, 0.3) is 0 Å². The number of likely N-dealkylation sites (tertiary alicyclic amines) is 1. The van der Waals surface area contributed by atoms with Crippen LogP contribution in [-0.2, 0) is 22.6 Å². The van der Waals surface area contributed by atoms with Crippen LogP contribution in [0.25, 0.3) is 11.1 Å². The van der Waals surface area contributed by atoms with Crippen LogP contribution in [0.3, 0.4) is 0 Å². The smallest absolute Gasteiger partial charge is 0.210 e. The number of hydrogen-bond donors (Lipinski definition) is 0. The van der Waals surface area contributed by atoms with E-state index < -0.39 is 5.54 Å². The van der Waals surface area contributed by atoms with Gasteiger partial charge >= 0.3 is 0 Å². The number of aryl methyl sites for hydroxylation is 1. The molecule has 6 heteroatoms. The molecule has 0 radical (unpaired) electrons. The van der Waals surface area contributed by atoms with Gasteiger partial charge in [-0.25, -0.2) is 0 Å². The SMILES string of the molecule is CC1(C=O)CCN1C=O.CCc1ccc(-c2cccc(C#N)c2)cc1.CN(C)Cc1ccc(Cl)cc1. The van der Waals surface area contributed by atoms with Crippen LogP contribution in [0.1, 0.15) is 37.0 Å². The number of benzene rings is 3. The summed E-state index contributed by atoms with van der Waals surface area (Å²) >= 11 is 5.73. The molecule has 0 bridgehead atoms. The van der Waals surface area contributed by atoms with Crippen LogP contribution in [0.2, 0.25) is 5.02 Å². The number of halogens is 1. The van der Waals surface area contributed by atoms with Crippen molar-refractivity contribution in [2.45, 2.75) is 38.8 Å². The van der Waals surface area contributed by atoms with Crippen molar-refractivity contribution in [3.05, 3.63) is 94.5 Å². The topological polar surface area (TPSA) is 64.4 Å². The summed E-state index contributed by atoms with van der Waals surface area (Å²) in [5.41, 5.74) is 5.11. The van der Waals surface area contributed by atoms with Gasteiger partial charge in [0, 0.05) is 18.1 Å². The highest BCUT2D eigenvalue weighted by atomic mass is 35.5. The van der Waals surface area contributed by atoms with E-state index in [9.17, 15) is 9.59 Å². The third kappa shape index (κ3) is 8.64. The van der Waals surface area contributed by atoms with Gasteiger partial charge in [-0.05, 0) is 80.4 Å². The highest BCUT2D eigenvalue weighted by Crippen LogP contribution is 2.25. The third-order valence-electron chi connectivity index (χ3n) is 6.00. The monoisotopic (exact) mass is 503 g/mol. The summed E-state index contributed by atoms with van der Waals surface area (Å²) in [5.74, 6) is 0. The predicted octanol–water partition coefficient (Wildman–Crippen LogP) is 6.00. The first-order valence-corrected chi connectivity index (χ1v) is 12.3. The van der Waals surface area contributed by atoms with Gasteiger partial charge in [-0.2, -0.15) is 5.26 Å². The Kier molecular flexibility index (Phi) is 11.3. The molecule has 0 N–H and O–H groups in total. The lowest BCUT2D eigenvalue weighted by Crippen LogP contribution is -2.58. The Balaban J connectivity index is 0.000000200. The normalized spacial score (nSPS) is 15.9. The second-order valence-corrected chi connectivity index (χ2v) is 9.57. The van der Waals surface area contributed by atoms with Crippen LogP contribution in [0.5, 0.6) is 0 Å². The zero-order valence-corrected chi connectivity index (χ0v) is 22.2. The second-order valence-electron chi connectivity index (χ2n) is 9.13. The molecule has 1 aliphatic rings. The van der Waals surface area contributed by atoms with Gasteiger partial charge in [-0.1, -0.05) is 67.1 Å². The minimum atomic E-state index is -0.484. The standard InChI is InChI=1S/C15H13N.C9H12ClN.C6H9NO2/c1-2-12-6-8-14(9-7-12)15-5-3-4-13(10-15)11-16;1-11(2)7-8-3-5-9(10)6-4-8;1-6(4-8)2-3-7(6)5-9/h3-10H,2H2,1H3;3-6H,7H2,1-2H3;4-5H,2-3H2,1H3. The van der Waals surface area contributed by atoms with Gasteiger partial charge in [0.1, 0.15) is 6.29 Å². The molecule has 5 nitrogen and oxygen atoms in total. The molecule has 1 fully saturated rings. The maximum Gasteiger partial charge on any atom is 0.210 e. The van der Waals surface area contributed by atoms with Crippen molar-refractivity contribution in [2.75, 3.05) is 20.6 Å². The number of carbonyl (C=O) groups excluding carboxylic acids is 2. The van der Waals surface area contributed by atoms with Crippen LogP contribution < -0.4 is 0 Å². The molecule has 1 aliphatic heterocycles. The molecule has 3 aromatic carbocycles. The molecule has 0 aliphatic carbocycles. The molecule has 1 saturated heterocycles. The number of hydrogen-bond acceptors (Lipinski definition) is 4.